The minimum Gasteiger partial charge on any atom is -0.508 e. The molecule has 0 unspecified atom stereocenters. The Balaban J connectivity index is 1.40. The second-order valence-electron chi connectivity index (χ2n) is 17.6. The summed E-state index contributed by atoms with van der Waals surface area (Å²) in [6.45, 7) is 6.03. The molecule has 12 N–H and O–H groups in total. The number of phenols is 1. The first-order valence-electron chi connectivity index (χ1n) is 22.6. The third-order valence-electron chi connectivity index (χ3n) is 11.6. The van der Waals surface area contributed by atoms with E-state index in [0.29, 0.717) is 18.4 Å². The van der Waals surface area contributed by atoms with Gasteiger partial charge in [-0.1, -0.05) is 56.3 Å². The average molecular weight is 949 g/mol. The number of nitrogens with zero attached hydrogens (tertiary/aromatic N) is 2. The molecule has 2 aliphatic rings. The number of carboxylic acids is 1. The Hall–Kier alpha value is -7.10. The first-order chi connectivity index (χ1) is 32.1. The molecule has 0 aromatic heterocycles. The van der Waals surface area contributed by atoms with Crippen molar-refractivity contribution in [3.8, 4) is 5.75 Å². The van der Waals surface area contributed by atoms with Crippen molar-refractivity contribution in [2.45, 2.75) is 127 Å². The number of likely N-dealkylation sites (tertiary alicyclic amines) is 2. The van der Waals surface area contributed by atoms with Crippen LogP contribution in [0.25, 0.3) is 0 Å². The quantitative estimate of drug-likeness (QED) is 0.0581. The smallest absolute Gasteiger partial charge is 0.326 e. The van der Waals surface area contributed by atoms with Crippen LogP contribution in [0.1, 0.15) is 77.3 Å². The van der Waals surface area contributed by atoms with E-state index in [1.54, 1.807) is 13.8 Å². The van der Waals surface area contributed by atoms with Crippen LogP contribution in [0.3, 0.4) is 0 Å². The lowest BCUT2D eigenvalue weighted by Gasteiger charge is -2.30. The molecule has 22 nitrogen and oxygen atoms in total. The van der Waals surface area contributed by atoms with E-state index >= 15 is 0 Å². The Labute approximate surface area is 394 Å². The number of benzene rings is 2. The van der Waals surface area contributed by atoms with E-state index in [1.165, 1.54) is 47.9 Å². The van der Waals surface area contributed by atoms with Crippen molar-refractivity contribution in [1.29, 1.82) is 0 Å². The Kier molecular flexibility index (Phi) is 19.8. The van der Waals surface area contributed by atoms with Gasteiger partial charge in [-0.15, -0.1) is 0 Å². The number of carboxylic acid groups (broad SMARTS) is 1. The number of carbonyl (C=O) groups excluding carboxylic acids is 9. The van der Waals surface area contributed by atoms with Gasteiger partial charge in [0.1, 0.15) is 48.0 Å². The van der Waals surface area contributed by atoms with Crippen molar-refractivity contribution in [3.05, 3.63) is 65.7 Å². The highest BCUT2D eigenvalue weighted by molar-refractivity contribution is 5.98. The Morgan fingerprint density at radius 3 is 1.81 bits per heavy atom. The molecule has 9 amide bonds. The predicted molar refractivity (Wildman–Crippen MR) is 244 cm³/mol. The van der Waals surface area contributed by atoms with Crippen LogP contribution in [0.2, 0.25) is 0 Å². The number of aromatic hydroxyl groups is 1. The van der Waals surface area contributed by atoms with Gasteiger partial charge in [0, 0.05) is 19.5 Å². The van der Waals surface area contributed by atoms with E-state index in [-0.39, 0.29) is 56.9 Å². The highest BCUT2D eigenvalue weighted by Gasteiger charge is 2.40. The number of nitrogens with two attached hydrogens (primary N) is 2. The highest BCUT2D eigenvalue weighted by atomic mass is 16.4. The molecule has 2 aromatic rings. The second-order valence-corrected chi connectivity index (χ2v) is 17.6. The van der Waals surface area contributed by atoms with Gasteiger partial charge >= 0.3 is 5.97 Å². The lowest BCUT2D eigenvalue weighted by molar-refractivity contribution is -0.143. The molecule has 2 aromatic carbocycles. The van der Waals surface area contributed by atoms with Crippen LogP contribution in [-0.4, -0.2) is 147 Å². The molecule has 68 heavy (non-hydrogen) atoms. The van der Waals surface area contributed by atoms with Gasteiger partial charge in [-0.2, -0.15) is 0 Å². The van der Waals surface area contributed by atoms with Crippen molar-refractivity contribution >= 4 is 59.1 Å². The normalized spacial score (nSPS) is 18.2. The zero-order valence-electron chi connectivity index (χ0n) is 38.7. The van der Waals surface area contributed by atoms with Crippen molar-refractivity contribution in [1.82, 2.24) is 41.7 Å². The van der Waals surface area contributed by atoms with Gasteiger partial charge in [0.05, 0.1) is 19.0 Å². The molecule has 4 rings (SSSR count). The molecule has 0 aliphatic carbocycles. The Morgan fingerprint density at radius 2 is 1.22 bits per heavy atom. The Bertz CT molecular complexity index is 2160. The molecular formula is C46H64N10O12. The Morgan fingerprint density at radius 1 is 0.647 bits per heavy atom. The molecule has 0 radical (unpaired) electrons. The predicted octanol–water partition coefficient (Wildman–Crippen LogP) is -1.93. The van der Waals surface area contributed by atoms with Crippen LogP contribution in [-0.2, 0) is 60.8 Å². The number of amides is 9. The fraction of sp³-hybridized carbons (Fsp3) is 0.522. The summed E-state index contributed by atoms with van der Waals surface area (Å²) in [4.78, 5) is 134. The fourth-order valence-corrected chi connectivity index (χ4v) is 8.04. The first kappa shape index (κ1) is 53.5. The third kappa shape index (κ3) is 15.8. The summed E-state index contributed by atoms with van der Waals surface area (Å²) < 4.78 is 0. The number of carbonyl (C=O) groups is 10. The largest absolute Gasteiger partial charge is 0.508 e. The maximum atomic E-state index is 14.3. The van der Waals surface area contributed by atoms with E-state index in [2.05, 4.69) is 31.9 Å². The van der Waals surface area contributed by atoms with Crippen molar-refractivity contribution < 1.29 is 58.2 Å². The maximum absolute atomic E-state index is 14.3. The third-order valence-corrected chi connectivity index (χ3v) is 11.6. The molecule has 8 atom stereocenters. The van der Waals surface area contributed by atoms with Crippen molar-refractivity contribution in [2.24, 2.45) is 17.4 Å². The van der Waals surface area contributed by atoms with E-state index < -0.39 is 120 Å². The summed E-state index contributed by atoms with van der Waals surface area (Å²) in [5.41, 5.74) is 12.8. The minimum atomic E-state index is -1.64. The highest BCUT2D eigenvalue weighted by Crippen LogP contribution is 2.22. The van der Waals surface area contributed by atoms with Gasteiger partial charge in [0.15, 0.2) is 0 Å². The average Bonchev–Trinajstić information content (AvgIpc) is 3.99. The van der Waals surface area contributed by atoms with Crippen LogP contribution in [0, 0.1) is 5.92 Å². The van der Waals surface area contributed by atoms with E-state index in [0.717, 1.165) is 5.56 Å². The number of hydrogen-bond acceptors (Lipinski definition) is 12. The molecule has 2 fully saturated rings. The summed E-state index contributed by atoms with van der Waals surface area (Å²) in [6, 6.07) is 5.39. The molecule has 2 aliphatic heterocycles. The second kappa shape index (κ2) is 25.1. The molecule has 0 saturated carbocycles. The molecule has 2 saturated heterocycles. The molecule has 370 valence electrons. The summed E-state index contributed by atoms with van der Waals surface area (Å²) in [5.74, 6) is -8.21. The number of nitrogens with one attached hydrogen (secondary N) is 6. The number of phenolic OH excluding ortho intramolecular Hbond substituents is 1. The van der Waals surface area contributed by atoms with Gasteiger partial charge in [0.2, 0.25) is 53.2 Å². The SMILES string of the molecule is CC(C)C[C@H](NC(=O)[C@H](C)NC(=O)[C@@H]1CCCN1C(=O)[C@H](Cc1ccc(O)cc1)NC(=O)[C@H](CC(N)=O)NC(=O)CNC(=O)[C@@H]1CCCN1C(=O)[C@H](C)NC(=O)[C@@H](N)Cc1ccccc1)C(=O)O. The molecule has 22 heteroatoms. The summed E-state index contributed by atoms with van der Waals surface area (Å²) in [5, 5.41) is 34.4. The van der Waals surface area contributed by atoms with Crippen LogP contribution >= 0.6 is 0 Å². The van der Waals surface area contributed by atoms with Gasteiger partial charge in [-0.05, 0) is 81.5 Å². The molecule has 0 bridgehead atoms. The number of rotatable bonds is 23. The van der Waals surface area contributed by atoms with Crippen molar-refractivity contribution in [2.75, 3.05) is 19.6 Å². The lowest BCUT2D eigenvalue weighted by Crippen LogP contribution is -2.59. The van der Waals surface area contributed by atoms with Crippen LogP contribution in [0.5, 0.6) is 5.75 Å². The minimum absolute atomic E-state index is 0.0481. The molecule has 2 heterocycles. The zero-order valence-corrected chi connectivity index (χ0v) is 38.7. The fourth-order valence-electron chi connectivity index (χ4n) is 8.04. The zero-order chi connectivity index (χ0) is 50.2. The van der Waals surface area contributed by atoms with Crippen LogP contribution in [0.4, 0.5) is 0 Å². The lowest BCUT2D eigenvalue weighted by atomic mass is 10.0. The van der Waals surface area contributed by atoms with E-state index in [9.17, 15) is 58.2 Å². The van der Waals surface area contributed by atoms with E-state index in [1.807, 2.05) is 30.3 Å². The van der Waals surface area contributed by atoms with Gasteiger partial charge in [-0.3, -0.25) is 43.2 Å². The summed E-state index contributed by atoms with van der Waals surface area (Å²) in [6.07, 6.45) is 0.788. The van der Waals surface area contributed by atoms with E-state index in [4.69, 9.17) is 11.5 Å². The number of primary amides is 1. The van der Waals surface area contributed by atoms with Crippen molar-refractivity contribution in [3.63, 3.8) is 0 Å². The summed E-state index contributed by atoms with van der Waals surface area (Å²) >= 11 is 0. The van der Waals surface area contributed by atoms with Gasteiger partial charge in [0.25, 0.3) is 0 Å². The monoisotopic (exact) mass is 948 g/mol. The van der Waals surface area contributed by atoms with Gasteiger partial charge < -0.3 is 63.4 Å². The van der Waals surface area contributed by atoms with Crippen LogP contribution < -0.4 is 43.4 Å². The van der Waals surface area contributed by atoms with Crippen LogP contribution in [0.15, 0.2) is 54.6 Å². The maximum Gasteiger partial charge on any atom is 0.326 e. The van der Waals surface area contributed by atoms with Gasteiger partial charge in [-0.25, -0.2) is 4.79 Å². The summed E-state index contributed by atoms with van der Waals surface area (Å²) in [7, 11) is 0. The number of aliphatic carboxylic acids is 1. The molecular weight excluding hydrogens is 885 g/mol. The topological polar surface area (TPSA) is 342 Å². The molecule has 0 spiro atoms. The standard InChI is InChI=1S/C46H64N10O12/c1-25(2)20-34(46(67)68)54-39(60)26(3)50-43(64)36-13-9-19-56(36)45(66)33(22-29-14-16-30(57)17-15-29)53-41(62)32(23-37(48)58)52-38(59)24-49-42(63)35-12-8-18-55(35)44(65)27(4)51-40(61)31(47)21-28-10-6-5-7-11-28/h5-7,10-11,14-17,25-27,31-36,57H,8-9,12-13,18-24,47H2,1-4H3,(H2,48,58)(H,49,63)(H,50,64)(H,51,61)(H,52,59)(H,53,62)(H,54,60)(H,67,68)/t26-,27-,31-,32-,33-,34-,35-,36-/m0/s1. The first-order valence-corrected chi connectivity index (χ1v) is 22.6. The number of hydrogen-bond donors (Lipinski definition) is 10.